The number of ether oxygens (including phenoxy) is 1. The maximum atomic E-state index is 5.75. The molecule has 0 spiro atoms. The lowest BCUT2D eigenvalue weighted by molar-refractivity contribution is 0.295. The summed E-state index contributed by atoms with van der Waals surface area (Å²) in [6.45, 7) is 3.72. The predicted octanol–water partition coefficient (Wildman–Crippen LogP) is 2.64. The summed E-state index contributed by atoms with van der Waals surface area (Å²) >= 11 is 0. The van der Waals surface area contributed by atoms with Crippen molar-refractivity contribution in [3.05, 3.63) is 36.0 Å². The standard InChI is InChI=1S/C13H14N2O/c1-10-9-12-11-5-2-3-6-13(11)16-8-4-7-15(12)14-10/h2-3,5-6,9H,4,7-8H2,1H3. The van der Waals surface area contributed by atoms with E-state index in [-0.39, 0.29) is 0 Å². The number of fused-ring (bicyclic) bond motifs is 3. The molecule has 3 rings (SSSR count). The van der Waals surface area contributed by atoms with E-state index < -0.39 is 0 Å². The number of nitrogens with zero attached hydrogens (tertiary/aromatic N) is 2. The maximum absolute atomic E-state index is 5.75. The Morgan fingerprint density at radius 1 is 1.31 bits per heavy atom. The van der Waals surface area contributed by atoms with Crippen LogP contribution in [0.1, 0.15) is 12.1 Å². The molecule has 0 amide bonds. The van der Waals surface area contributed by atoms with Gasteiger partial charge in [0.2, 0.25) is 0 Å². The van der Waals surface area contributed by atoms with Gasteiger partial charge >= 0.3 is 0 Å². The number of aryl methyl sites for hydroxylation is 2. The van der Waals surface area contributed by atoms with Crippen molar-refractivity contribution < 1.29 is 4.74 Å². The van der Waals surface area contributed by atoms with Crippen molar-refractivity contribution in [2.45, 2.75) is 19.9 Å². The summed E-state index contributed by atoms with van der Waals surface area (Å²) in [5.41, 5.74) is 3.36. The van der Waals surface area contributed by atoms with E-state index in [4.69, 9.17) is 4.74 Å². The molecule has 1 aromatic carbocycles. The summed E-state index contributed by atoms with van der Waals surface area (Å²) in [4.78, 5) is 0. The second-order valence-electron chi connectivity index (χ2n) is 4.09. The van der Waals surface area contributed by atoms with Gasteiger partial charge < -0.3 is 4.74 Å². The Morgan fingerprint density at radius 2 is 2.19 bits per heavy atom. The Morgan fingerprint density at radius 3 is 3.12 bits per heavy atom. The molecule has 1 aromatic heterocycles. The third kappa shape index (κ3) is 1.48. The summed E-state index contributed by atoms with van der Waals surface area (Å²) in [5, 5.41) is 4.51. The molecule has 0 fully saturated rings. The fourth-order valence-electron chi connectivity index (χ4n) is 2.13. The van der Waals surface area contributed by atoms with Gasteiger partial charge in [-0.2, -0.15) is 5.10 Å². The molecular formula is C13H14N2O. The second-order valence-corrected chi connectivity index (χ2v) is 4.09. The van der Waals surface area contributed by atoms with Crippen LogP contribution in [-0.4, -0.2) is 16.4 Å². The van der Waals surface area contributed by atoms with E-state index in [1.165, 1.54) is 0 Å². The number of benzene rings is 1. The second kappa shape index (κ2) is 3.67. The van der Waals surface area contributed by atoms with E-state index in [0.717, 1.165) is 42.3 Å². The SMILES string of the molecule is Cc1cc2n(n1)CCCOc1ccccc1-2. The van der Waals surface area contributed by atoms with Crippen molar-refractivity contribution in [1.29, 1.82) is 0 Å². The van der Waals surface area contributed by atoms with Gasteiger partial charge in [0.15, 0.2) is 0 Å². The highest BCUT2D eigenvalue weighted by Gasteiger charge is 2.14. The van der Waals surface area contributed by atoms with Gasteiger partial charge in [0, 0.05) is 18.5 Å². The summed E-state index contributed by atoms with van der Waals surface area (Å²) in [6.07, 6.45) is 1.00. The fraction of sp³-hybridized carbons (Fsp3) is 0.308. The molecule has 2 heterocycles. The third-order valence-corrected chi connectivity index (χ3v) is 2.84. The molecular weight excluding hydrogens is 200 g/mol. The number of rotatable bonds is 0. The van der Waals surface area contributed by atoms with Gasteiger partial charge in [-0.05, 0) is 25.1 Å². The topological polar surface area (TPSA) is 27.1 Å². The Bertz CT molecular complexity index is 516. The monoisotopic (exact) mass is 214 g/mol. The van der Waals surface area contributed by atoms with Crippen LogP contribution >= 0.6 is 0 Å². The van der Waals surface area contributed by atoms with Crippen LogP contribution in [0, 0.1) is 6.92 Å². The highest BCUT2D eigenvalue weighted by atomic mass is 16.5. The van der Waals surface area contributed by atoms with E-state index >= 15 is 0 Å². The van der Waals surface area contributed by atoms with Crippen LogP contribution in [-0.2, 0) is 6.54 Å². The van der Waals surface area contributed by atoms with Crippen LogP contribution in [0.15, 0.2) is 30.3 Å². The zero-order chi connectivity index (χ0) is 11.0. The lowest BCUT2D eigenvalue weighted by Crippen LogP contribution is -2.11. The van der Waals surface area contributed by atoms with Gasteiger partial charge in [-0.3, -0.25) is 4.68 Å². The first-order valence-corrected chi connectivity index (χ1v) is 5.61. The van der Waals surface area contributed by atoms with Crippen LogP contribution < -0.4 is 4.74 Å². The minimum atomic E-state index is 0.759. The van der Waals surface area contributed by atoms with E-state index in [1.54, 1.807) is 0 Å². The average molecular weight is 214 g/mol. The lowest BCUT2D eigenvalue weighted by atomic mass is 10.1. The largest absolute Gasteiger partial charge is 0.493 e. The molecule has 1 aliphatic heterocycles. The van der Waals surface area contributed by atoms with Gasteiger partial charge in [-0.25, -0.2) is 0 Å². The molecule has 0 atom stereocenters. The summed E-state index contributed by atoms with van der Waals surface area (Å²) in [7, 11) is 0. The van der Waals surface area contributed by atoms with E-state index in [0.29, 0.717) is 0 Å². The Kier molecular flexibility index (Phi) is 2.17. The quantitative estimate of drug-likeness (QED) is 0.674. The van der Waals surface area contributed by atoms with Gasteiger partial charge in [0.05, 0.1) is 18.0 Å². The zero-order valence-electron chi connectivity index (χ0n) is 9.31. The van der Waals surface area contributed by atoms with Crippen molar-refractivity contribution in [3.8, 4) is 17.0 Å². The molecule has 3 heteroatoms. The average Bonchev–Trinajstić information content (AvgIpc) is 2.63. The van der Waals surface area contributed by atoms with Crippen molar-refractivity contribution in [2.75, 3.05) is 6.61 Å². The molecule has 16 heavy (non-hydrogen) atoms. The normalized spacial score (nSPS) is 14.3. The Labute approximate surface area is 94.7 Å². The smallest absolute Gasteiger partial charge is 0.128 e. The first kappa shape index (κ1) is 9.46. The molecule has 0 unspecified atom stereocenters. The highest BCUT2D eigenvalue weighted by Crippen LogP contribution is 2.31. The molecule has 0 radical (unpaired) electrons. The van der Waals surface area contributed by atoms with Crippen molar-refractivity contribution in [1.82, 2.24) is 9.78 Å². The van der Waals surface area contributed by atoms with Crippen molar-refractivity contribution in [2.24, 2.45) is 0 Å². The molecule has 2 aromatic rings. The number of para-hydroxylation sites is 1. The number of aromatic nitrogens is 2. The van der Waals surface area contributed by atoms with Crippen LogP contribution in [0.5, 0.6) is 5.75 Å². The fourth-order valence-corrected chi connectivity index (χ4v) is 2.13. The Hall–Kier alpha value is -1.77. The van der Waals surface area contributed by atoms with Crippen LogP contribution in [0.4, 0.5) is 0 Å². The molecule has 3 nitrogen and oxygen atoms in total. The number of hydrogen-bond donors (Lipinski definition) is 0. The first-order chi connectivity index (χ1) is 7.84. The molecule has 0 saturated carbocycles. The predicted molar refractivity (Wildman–Crippen MR) is 62.5 cm³/mol. The zero-order valence-corrected chi connectivity index (χ0v) is 9.31. The molecule has 1 aliphatic rings. The summed E-state index contributed by atoms with van der Waals surface area (Å²) in [6, 6.07) is 10.3. The summed E-state index contributed by atoms with van der Waals surface area (Å²) < 4.78 is 7.83. The molecule has 0 aliphatic carbocycles. The molecule has 0 bridgehead atoms. The highest BCUT2D eigenvalue weighted by molar-refractivity contribution is 5.67. The van der Waals surface area contributed by atoms with Crippen LogP contribution in [0.3, 0.4) is 0 Å². The van der Waals surface area contributed by atoms with E-state index in [2.05, 4.69) is 21.9 Å². The molecule has 0 saturated heterocycles. The van der Waals surface area contributed by atoms with Crippen molar-refractivity contribution in [3.63, 3.8) is 0 Å². The minimum absolute atomic E-state index is 0.759. The lowest BCUT2D eigenvalue weighted by Gasteiger charge is -2.16. The van der Waals surface area contributed by atoms with Gasteiger partial charge in [-0.15, -0.1) is 0 Å². The van der Waals surface area contributed by atoms with E-state index in [1.807, 2.05) is 25.1 Å². The van der Waals surface area contributed by atoms with Crippen molar-refractivity contribution >= 4 is 0 Å². The van der Waals surface area contributed by atoms with Crippen LogP contribution in [0.2, 0.25) is 0 Å². The third-order valence-electron chi connectivity index (χ3n) is 2.84. The maximum Gasteiger partial charge on any atom is 0.128 e. The molecule has 0 N–H and O–H groups in total. The van der Waals surface area contributed by atoms with Gasteiger partial charge in [0.1, 0.15) is 5.75 Å². The summed E-state index contributed by atoms with van der Waals surface area (Å²) in [5.74, 6) is 0.961. The Balaban J connectivity index is 2.22. The minimum Gasteiger partial charge on any atom is -0.493 e. The first-order valence-electron chi connectivity index (χ1n) is 5.61. The number of hydrogen-bond acceptors (Lipinski definition) is 2. The van der Waals surface area contributed by atoms with Gasteiger partial charge in [-0.1, -0.05) is 12.1 Å². The van der Waals surface area contributed by atoms with Gasteiger partial charge in [0.25, 0.3) is 0 Å². The van der Waals surface area contributed by atoms with E-state index in [9.17, 15) is 0 Å². The molecule has 82 valence electrons. The van der Waals surface area contributed by atoms with Crippen LogP contribution in [0.25, 0.3) is 11.3 Å².